The van der Waals surface area contributed by atoms with Crippen LogP contribution in [0.15, 0.2) is 73.1 Å². The van der Waals surface area contributed by atoms with Gasteiger partial charge in [0.15, 0.2) is 0 Å². The fraction of sp³-hybridized carbons (Fsp3) is 0.143. The topological polar surface area (TPSA) is 46.0 Å². The second-order valence-corrected chi connectivity index (χ2v) is 5.57. The number of rotatable bonds is 2. The van der Waals surface area contributed by atoms with Crippen LogP contribution < -0.4 is 0 Å². The van der Waals surface area contributed by atoms with Crippen molar-refractivity contribution in [3.05, 3.63) is 84.2 Å². The highest BCUT2D eigenvalue weighted by atomic mass is 16.3. The number of fused-ring (bicyclic) bond motifs is 2. The molecule has 0 amide bonds. The van der Waals surface area contributed by atoms with Crippen molar-refractivity contribution in [2.75, 3.05) is 0 Å². The first kappa shape index (κ1) is 16.1. The third kappa shape index (κ3) is 3.76. The lowest BCUT2D eigenvalue weighted by molar-refractivity contribution is 0.282. The van der Waals surface area contributed by atoms with Gasteiger partial charge < -0.3 is 5.11 Å². The van der Waals surface area contributed by atoms with Gasteiger partial charge in [-0.25, -0.2) is 0 Å². The number of nitrogens with zero attached hydrogens (tertiary/aromatic N) is 2. The van der Waals surface area contributed by atoms with Crippen LogP contribution in [0.3, 0.4) is 0 Å². The molecule has 2 aromatic carbocycles. The zero-order chi connectivity index (χ0) is 16.8. The average molecular weight is 316 g/mol. The van der Waals surface area contributed by atoms with E-state index in [4.69, 9.17) is 5.11 Å². The summed E-state index contributed by atoms with van der Waals surface area (Å²) in [4.78, 5) is 8.43. The van der Waals surface area contributed by atoms with Crippen LogP contribution in [0.25, 0.3) is 21.8 Å². The highest BCUT2D eigenvalue weighted by Crippen LogP contribution is 2.13. The van der Waals surface area contributed by atoms with Crippen LogP contribution in [0, 0.1) is 0 Å². The number of pyridine rings is 2. The van der Waals surface area contributed by atoms with Crippen LogP contribution in [0.1, 0.15) is 18.1 Å². The molecule has 24 heavy (non-hydrogen) atoms. The lowest BCUT2D eigenvalue weighted by Gasteiger charge is -1.98. The standard InChI is InChI=1S/C11H11N.C10H9NO/c1-2-9-5-6-11-10(8-9)4-3-7-12-11;12-7-8-3-4-10-9(6-8)2-1-5-11-10/h3-8H,2H2,1H3;1-6,12H,7H2. The quantitative estimate of drug-likeness (QED) is 0.591. The number of benzene rings is 2. The highest BCUT2D eigenvalue weighted by Gasteiger charge is 1.94. The average Bonchev–Trinajstić information content (AvgIpc) is 2.67. The lowest BCUT2D eigenvalue weighted by Crippen LogP contribution is -1.83. The molecule has 0 saturated heterocycles. The van der Waals surface area contributed by atoms with Crippen molar-refractivity contribution < 1.29 is 5.11 Å². The maximum absolute atomic E-state index is 8.88. The van der Waals surface area contributed by atoms with Gasteiger partial charge >= 0.3 is 0 Å². The van der Waals surface area contributed by atoms with Crippen molar-refractivity contribution in [1.29, 1.82) is 0 Å². The summed E-state index contributed by atoms with van der Waals surface area (Å²) in [7, 11) is 0. The fourth-order valence-electron chi connectivity index (χ4n) is 2.57. The summed E-state index contributed by atoms with van der Waals surface area (Å²) in [5, 5.41) is 11.2. The number of aliphatic hydroxyl groups is 1. The molecule has 0 aliphatic carbocycles. The van der Waals surface area contributed by atoms with E-state index in [1.807, 2.05) is 42.6 Å². The Morgan fingerprint density at radius 3 is 1.83 bits per heavy atom. The predicted octanol–water partition coefficient (Wildman–Crippen LogP) is 4.52. The fourth-order valence-corrected chi connectivity index (χ4v) is 2.57. The molecule has 0 aliphatic rings. The molecule has 3 nitrogen and oxygen atoms in total. The highest BCUT2D eigenvalue weighted by molar-refractivity contribution is 5.79. The van der Waals surface area contributed by atoms with E-state index >= 15 is 0 Å². The zero-order valence-corrected chi connectivity index (χ0v) is 13.7. The number of hydrogen-bond acceptors (Lipinski definition) is 3. The van der Waals surface area contributed by atoms with Crippen LogP contribution in [0.4, 0.5) is 0 Å². The summed E-state index contributed by atoms with van der Waals surface area (Å²) < 4.78 is 0. The van der Waals surface area contributed by atoms with E-state index in [0.717, 1.165) is 28.4 Å². The van der Waals surface area contributed by atoms with Crippen molar-refractivity contribution in [2.45, 2.75) is 20.0 Å². The van der Waals surface area contributed by atoms with E-state index in [2.05, 4.69) is 41.2 Å². The first-order chi connectivity index (χ1) is 11.8. The predicted molar refractivity (Wildman–Crippen MR) is 98.8 cm³/mol. The Bertz CT molecular complexity index is 871. The van der Waals surface area contributed by atoms with Crippen LogP contribution in [-0.4, -0.2) is 15.1 Å². The van der Waals surface area contributed by atoms with Crippen LogP contribution >= 0.6 is 0 Å². The minimum atomic E-state index is 0.0881. The zero-order valence-electron chi connectivity index (χ0n) is 13.7. The summed E-state index contributed by atoms with van der Waals surface area (Å²) in [6.45, 7) is 2.25. The summed E-state index contributed by atoms with van der Waals surface area (Å²) in [5.74, 6) is 0. The molecule has 4 aromatic rings. The Morgan fingerprint density at radius 1 is 0.750 bits per heavy atom. The van der Waals surface area contributed by atoms with Crippen molar-refractivity contribution in [2.24, 2.45) is 0 Å². The Balaban J connectivity index is 0.000000141. The minimum Gasteiger partial charge on any atom is -0.392 e. The second kappa shape index (κ2) is 7.66. The molecule has 0 spiro atoms. The monoisotopic (exact) mass is 316 g/mol. The maximum Gasteiger partial charge on any atom is 0.0702 e. The van der Waals surface area contributed by atoms with Gasteiger partial charge in [-0.15, -0.1) is 0 Å². The Labute approximate surface area is 141 Å². The molecule has 0 saturated carbocycles. The molecule has 0 bridgehead atoms. The van der Waals surface area contributed by atoms with Gasteiger partial charge in [-0.3, -0.25) is 9.97 Å². The third-order valence-corrected chi connectivity index (χ3v) is 3.93. The lowest BCUT2D eigenvalue weighted by atomic mass is 10.1. The molecular weight excluding hydrogens is 296 g/mol. The van der Waals surface area contributed by atoms with E-state index in [1.54, 1.807) is 6.20 Å². The molecule has 2 heterocycles. The van der Waals surface area contributed by atoms with Crippen LogP contribution in [0.2, 0.25) is 0 Å². The SMILES string of the molecule is CCc1ccc2ncccc2c1.OCc1ccc2ncccc2c1. The first-order valence-electron chi connectivity index (χ1n) is 8.08. The summed E-state index contributed by atoms with van der Waals surface area (Å²) >= 11 is 0. The van der Waals surface area contributed by atoms with Gasteiger partial charge in [0.1, 0.15) is 0 Å². The molecule has 2 aromatic heterocycles. The molecule has 0 aliphatic heterocycles. The minimum absolute atomic E-state index is 0.0881. The summed E-state index contributed by atoms with van der Waals surface area (Å²) in [6.07, 6.45) is 4.68. The van der Waals surface area contributed by atoms with E-state index in [9.17, 15) is 0 Å². The molecule has 3 heteroatoms. The Hall–Kier alpha value is -2.78. The number of aromatic nitrogens is 2. The normalized spacial score (nSPS) is 10.4. The summed E-state index contributed by atoms with van der Waals surface area (Å²) in [6, 6.07) is 20.1. The van der Waals surface area contributed by atoms with E-state index in [0.29, 0.717) is 0 Å². The second-order valence-electron chi connectivity index (χ2n) is 5.57. The molecular formula is C21H20N2O. The van der Waals surface area contributed by atoms with Gasteiger partial charge in [0, 0.05) is 23.2 Å². The van der Waals surface area contributed by atoms with Gasteiger partial charge in [0.05, 0.1) is 17.6 Å². The van der Waals surface area contributed by atoms with E-state index in [-0.39, 0.29) is 6.61 Å². The Kier molecular flexibility index (Phi) is 5.14. The third-order valence-electron chi connectivity index (χ3n) is 3.93. The van der Waals surface area contributed by atoms with Gasteiger partial charge in [-0.05, 0) is 53.9 Å². The van der Waals surface area contributed by atoms with Gasteiger partial charge in [-0.1, -0.05) is 31.2 Å². The van der Waals surface area contributed by atoms with Crippen molar-refractivity contribution in [3.63, 3.8) is 0 Å². The Morgan fingerprint density at radius 2 is 1.29 bits per heavy atom. The van der Waals surface area contributed by atoms with Gasteiger partial charge in [-0.2, -0.15) is 0 Å². The first-order valence-corrected chi connectivity index (χ1v) is 8.08. The maximum atomic E-state index is 8.88. The molecule has 4 rings (SSSR count). The van der Waals surface area contributed by atoms with E-state index < -0.39 is 0 Å². The van der Waals surface area contributed by atoms with E-state index in [1.165, 1.54) is 10.9 Å². The van der Waals surface area contributed by atoms with Crippen LogP contribution in [-0.2, 0) is 13.0 Å². The summed E-state index contributed by atoms with van der Waals surface area (Å²) in [5.41, 5.74) is 4.34. The van der Waals surface area contributed by atoms with Crippen LogP contribution in [0.5, 0.6) is 0 Å². The molecule has 0 fully saturated rings. The molecule has 0 radical (unpaired) electrons. The van der Waals surface area contributed by atoms with Crippen molar-refractivity contribution >= 4 is 21.8 Å². The number of hydrogen-bond donors (Lipinski definition) is 1. The number of aryl methyl sites for hydroxylation is 1. The van der Waals surface area contributed by atoms with Gasteiger partial charge in [0.25, 0.3) is 0 Å². The molecule has 1 N–H and O–H groups in total. The largest absolute Gasteiger partial charge is 0.392 e. The smallest absolute Gasteiger partial charge is 0.0702 e. The van der Waals surface area contributed by atoms with Gasteiger partial charge in [0.2, 0.25) is 0 Å². The van der Waals surface area contributed by atoms with Crippen molar-refractivity contribution in [1.82, 2.24) is 9.97 Å². The van der Waals surface area contributed by atoms with Crippen molar-refractivity contribution in [3.8, 4) is 0 Å². The number of aliphatic hydroxyl groups excluding tert-OH is 1. The molecule has 0 atom stereocenters. The molecule has 120 valence electrons. The molecule has 0 unspecified atom stereocenters.